The predicted octanol–water partition coefficient (Wildman–Crippen LogP) is 0.993. The molecule has 9 nitrogen and oxygen atoms in total. The summed E-state index contributed by atoms with van der Waals surface area (Å²) < 4.78 is 29.2. The van der Waals surface area contributed by atoms with Gasteiger partial charge in [-0.1, -0.05) is 12.1 Å². The number of fused-ring (bicyclic) bond motifs is 3. The molecule has 2 amide bonds. The second-order valence-corrected chi connectivity index (χ2v) is 8.92. The predicted molar refractivity (Wildman–Crippen MR) is 107 cm³/mol. The summed E-state index contributed by atoms with van der Waals surface area (Å²) in [7, 11) is -2.50. The average molecular weight is 420 g/mol. The lowest BCUT2D eigenvalue weighted by atomic mass is 10.2. The Labute approximate surface area is 170 Å². The molecule has 0 saturated carbocycles. The highest BCUT2D eigenvalue weighted by molar-refractivity contribution is 7.89. The smallest absolute Gasteiger partial charge is 0.274 e. The lowest BCUT2D eigenvalue weighted by molar-refractivity contribution is -0.120. The van der Waals surface area contributed by atoms with E-state index in [0.29, 0.717) is 17.9 Å². The second kappa shape index (κ2) is 7.96. The minimum atomic E-state index is -3.95. The van der Waals surface area contributed by atoms with E-state index in [2.05, 4.69) is 10.3 Å². The number of para-hydroxylation sites is 1. The van der Waals surface area contributed by atoms with Crippen molar-refractivity contribution in [3.8, 4) is 5.69 Å². The Bertz CT molecular complexity index is 1040. The SMILES string of the molecule is CCN(C(=O)c1ncn2c1CN(CC(=O)NC)S(=O)(=O)c1ccccc1-2)C(C)C. The number of sulfonamides is 1. The van der Waals surface area contributed by atoms with Crippen molar-refractivity contribution in [2.24, 2.45) is 0 Å². The van der Waals surface area contributed by atoms with Gasteiger partial charge in [-0.3, -0.25) is 14.2 Å². The van der Waals surface area contributed by atoms with E-state index < -0.39 is 15.9 Å². The lowest BCUT2D eigenvalue weighted by Crippen LogP contribution is -2.40. The quantitative estimate of drug-likeness (QED) is 0.778. The molecule has 1 aliphatic heterocycles. The highest BCUT2D eigenvalue weighted by atomic mass is 32.2. The number of carbonyl (C=O) groups excluding carboxylic acids is 2. The van der Waals surface area contributed by atoms with E-state index in [1.54, 1.807) is 27.7 Å². The largest absolute Gasteiger partial charge is 0.358 e. The van der Waals surface area contributed by atoms with Crippen LogP contribution < -0.4 is 5.32 Å². The number of aromatic nitrogens is 2. The van der Waals surface area contributed by atoms with Gasteiger partial charge in [0.15, 0.2) is 5.69 Å². The highest BCUT2D eigenvalue weighted by Gasteiger charge is 2.36. The summed E-state index contributed by atoms with van der Waals surface area (Å²) in [5.74, 6) is -0.711. The fourth-order valence-electron chi connectivity index (χ4n) is 3.44. The van der Waals surface area contributed by atoms with Gasteiger partial charge in [-0.15, -0.1) is 0 Å². The number of likely N-dealkylation sites (N-methyl/N-ethyl adjacent to an activating group) is 1. The molecule has 10 heteroatoms. The number of hydrogen-bond acceptors (Lipinski definition) is 5. The van der Waals surface area contributed by atoms with Gasteiger partial charge in [-0.25, -0.2) is 13.4 Å². The van der Waals surface area contributed by atoms with Crippen LogP contribution >= 0.6 is 0 Å². The van der Waals surface area contributed by atoms with Gasteiger partial charge in [0.1, 0.15) is 11.2 Å². The summed E-state index contributed by atoms with van der Waals surface area (Å²) in [4.78, 5) is 31.2. The van der Waals surface area contributed by atoms with Crippen LogP contribution in [0.3, 0.4) is 0 Å². The summed E-state index contributed by atoms with van der Waals surface area (Å²) in [5.41, 5.74) is 1.03. The maximum absolute atomic E-state index is 13.2. The number of carbonyl (C=O) groups is 2. The molecule has 0 saturated heterocycles. The minimum absolute atomic E-state index is 0.0337. The Hall–Kier alpha value is -2.72. The monoisotopic (exact) mass is 419 g/mol. The van der Waals surface area contributed by atoms with Crippen LogP contribution in [0.2, 0.25) is 0 Å². The van der Waals surface area contributed by atoms with E-state index in [9.17, 15) is 18.0 Å². The Morgan fingerprint density at radius 1 is 1.28 bits per heavy atom. The van der Waals surface area contributed by atoms with Crippen LogP contribution in [0.5, 0.6) is 0 Å². The fraction of sp³-hybridized carbons (Fsp3) is 0.421. The van der Waals surface area contributed by atoms with Crippen molar-refractivity contribution in [3.63, 3.8) is 0 Å². The van der Waals surface area contributed by atoms with Gasteiger partial charge < -0.3 is 10.2 Å². The third kappa shape index (κ3) is 3.65. The number of amides is 2. The summed E-state index contributed by atoms with van der Waals surface area (Å²) in [6.07, 6.45) is 1.47. The molecule has 0 aliphatic carbocycles. The van der Waals surface area contributed by atoms with E-state index in [4.69, 9.17) is 0 Å². The summed E-state index contributed by atoms with van der Waals surface area (Å²) in [6, 6.07) is 6.47. The van der Waals surface area contributed by atoms with Crippen LogP contribution in [0, 0.1) is 0 Å². The van der Waals surface area contributed by atoms with E-state index in [1.165, 1.54) is 19.4 Å². The lowest BCUT2D eigenvalue weighted by Gasteiger charge is -2.25. The number of imidazole rings is 1. The van der Waals surface area contributed by atoms with Crippen molar-refractivity contribution in [1.82, 2.24) is 24.1 Å². The van der Waals surface area contributed by atoms with Crippen molar-refractivity contribution in [2.45, 2.75) is 38.3 Å². The molecule has 0 atom stereocenters. The molecule has 156 valence electrons. The van der Waals surface area contributed by atoms with Gasteiger partial charge >= 0.3 is 0 Å². The van der Waals surface area contributed by atoms with E-state index in [0.717, 1.165) is 4.31 Å². The van der Waals surface area contributed by atoms with Crippen LogP contribution in [0.15, 0.2) is 35.5 Å². The maximum Gasteiger partial charge on any atom is 0.274 e. The van der Waals surface area contributed by atoms with Crippen molar-refractivity contribution in [1.29, 1.82) is 0 Å². The highest BCUT2D eigenvalue weighted by Crippen LogP contribution is 2.31. The van der Waals surface area contributed by atoms with E-state index in [1.807, 2.05) is 20.8 Å². The molecule has 2 heterocycles. The minimum Gasteiger partial charge on any atom is -0.358 e. The number of hydrogen-bond donors (Lipinski definition) is 1. The molecular weight excluding hydrogens is 394 g/mol. The van der Waals surface area contributed by atoms with Gasteiger partial charge in [-0.05, 0) is 32.9 Å². The van der Waals surface area contributed by atoms with Crippen molar-refractivity contribution in [3.05, 3.63) is 42.0 Å². The first-order chi connectivity index (χ1) is 13.7. The van der Waals surface area contributed by atoms with Crippen LogP contribution in [-0.2, 0) is 21.4 Å². The first-order valence-electron chi connectivity index (χ1n) is 9.39. The number of nitrogens with zero attached hydrogens (tertiary/aromatic N) is 4. The van der Waals surface area contributed by atoms with Gasteiger partial charge in [0.05, 0.1) is 24.5 Å². The molecule has 0 bridgehead atoms. The Morgan fingerprint density at radius 2 is 1.97 bits per heavy atom. The van der Waals surface area contributed by atoms with Crippen LogP contribution in [0.4, 0.5) is 0 Å². The van der Waals surface area contributed by atoms with Gasteiger partial charge in [0, 0.05) is 19.6 Å². The van der Waals surface area contributed by atoms with Crippen LogP contribution in [-0.4, -0.2) is 65.2 Å². The molecule has 3 rings (SSSR count). The van der Waals surface area contributed by atoms with Gasteiger partial charge in [-0.2, -0.15) is 4.31 Å². The Morgan fingerprint density at radius 3 is 2.59 bits per heavy atom. The molecule has 0 unspecified atom stereocenters. The third-order valence-corrected chi connectivity index (χ3v) is 6.80. The van der Waals surface area contributed by atoms with E-state index in [-0.39, 0.29) is 35.6 Å². The Balaban J connectivity index is 2.20. The molecule has 1 aromatic heterocycles. The average Bonchev–Trinajstić information content (AvgIpc) is 3.07. The summed E-state index contributed by atoms with van der Waals surface area (Å²) in [5, 5.41) is 2.45. The molecule has 0 radical (unpaired) electrons. The molecule has 0 spiro atoms. The zero-order chi connectivity index (χ0) is 21.3. The van der Waals surface area contributed by atoms with E-state index >= 15 is 0 Å². The molecule has 29 heavy (non-hydrogen) atoms. The number of nitrogens with one attached hydrogen (secondary N) is 1. The molecule has 2 aromatic rings. The van der Waals surface area contributed by atoms with Crippen LogP contribution in [0.1, 0.15) is 37.0 Å². The molecule has 1 aromatic carbocycles. The fourth-order valence-corrected chi connectivity index (χ4v) is 4.97. The zero-order valence-corrected chi connectivity index (χ0v) is 17.7. The summed E-state index contributed by atoms with van der Waals surface area (Å²) >= 11 is 0. The maximum atomic E-state index is 13.2. The number of benzene rings is 1. The van der Waals surface area contributed by atoms with Gasteiger partial charge in [0.25, 0.3) is 5.91 Å². The standard InChI is InChI=1S/C19H25N5O4S/c1-5-23(13(2)3)19(26)18-15-10-22(11-17(25)20-4)29(27,28)16-9-7-6-8-14(16)24(15)12-21-18/h6-9,12-13H,5,10-11H2,1-4H3,(H,20,25). The third-order valence-electron chi connectivity index (χ3n) is 4.96. The number of rotatable bonds is 5. The normalized spacial score (nSPS) is 15.3. The Kier molecular flexibility index (Phi) is 5.76. The van der Waals surface area contributed by atoms with Gasteiger partial charge in [0.2, 0.25) is 15.9 Å². The zero-order valence-electron chi connectivity index (χ0n) is 16.9. The molecule has 1 N–H and O–H groups in total. The molecule has 1 aliphatic rings. The first kappa shape index (κ1) is 21.0. The summed E-state index contributed by atoms with van der Waals surface area (Å²) in [6.45, 7) is 5.71. The molecular formula is C19H25N5O4S. The molecule has 0 fully saturated rings. The first-order valence-corrected chi connectivity index (χ1v) is 10.8. The van der Waals surface area contributed by atoms with Crippen molar-refractivity contribution in [2.75, 3.05) is 20.1 Å². The second-order valence-electron chi connectivity index (χ2n) is 7.01. The van der Waals surface area contributed by atoms with Crippen molar-refractivity contribution < 1.29 is 18.0 Å². The topological polar surface area (TPSA) is 105 Å². The van der Waals surface area contributed by atoms with Crippen molar-refractivity contribution >= 4 is 21.8 Å². The van der Waals surface area contributed by atoms with Crippen LogP contribution in [0.25, 0.3) is 5.69 Å².